The van der Waals surface area contributed by atoms with Crippen molar-refractivity contribution in [2.24, 2.45) is 11.7 Å². The molecule has 15 heavy (non-hydrogen) atoms. The Labute approximate surface area is 91.7 Å². The lowest BCUT2D eigenvalue weighted by atomic mass is 9.97. The van der Waals surface area contributed by atoms with Crippen molar-refractivity contribution < 1.29 is 4.74 Å². The minimum Gasteiger partial charge on any atom is -0.490 e. The van der Waals surface area contributed by atoms with Crippen LogP contribution in [0.25, 0.3) is 0 Å². The molecule has 0 heterocycles. The van der Waals surface area contributed by atoms with Crippen molar-refractivity contribution in [3.05, 3.63) is 42.5 Å². The Hall–Kier alpha value is -1.28. The topological polar surface area (TPSA) is 35.2 Å². The summed E-state index contributed by atoms with van der Waals surface area (Å²) in [7, 11) is 0. The van der Waals surface area contributed by atoms with Gasteiger partial charge >= 0.3 is 0 Å². The molecule has 0 aliphatic rings. The highest BCUT2D eigenvalue weighted by Crippen LogP contribution is 2.22. The van der Waals surface area contributed by atoms with Crippen molar-refractivity contribution >= 4 is 0 Å². The van der Waals surface area contributed by atoms with E-state index in [-0.39, 0.29) is 6.04 Å². The van der Waals surface area contributed by atoms with Gasteiger partial charge < -0.3 is 10.5 Å². The Balaban J connectivity index is 2.77. The Bertz CT molecular complexity index is 320. The molecule has 0 aromatic heterocycles. The van der Waals surface area contributed by atoms with E-state index in [4.69, 9.17) is 10.5 Å². The number of ether oxygens (including phenoxy) is 1. The average molecular weight is 205 g/mol. The molecule has 0 aliphatic heterocycles. The van der Waals surface area contributed by atoms with Gasteiger partial charge in [-0.2, -0.15) is 0 Å². The van der Waals surface area contributed by atoms with Crippen LogP contribution < -0.4 is 10.5 Å². The van der Waals surface area contributed by atoms with Gasteiger partial charge in [0.2, 0.25) is 0 Å². The molecule has 0 radical (unpaired) electrons. The first-order chi connectivity index (χ1) is 7.15. The molecule has 1 aromatic rings. The van der Waals surface area contributed by atoms with Gasteiger partial charge in [-0.3, -0.25) is 0 Å². The molecule has 1 rings (SSSR count). The highest BCUT2D eigenvalue weighted by molar-refractivity contribution is 5.30. The average Bonchev–Trinajstić information content (AvgIpc) is 2.25. The molecule has 0 saturated heterocycles. The monoisotopic (exact) mass is 205 g/mol. The van der Waals surface area contributed by atoms with Gasteiger partial charge in [-0.05, 0) is 23.6 Å². The molecule has 1 unspecified atom stereocenters. The second-order valence-corrected chi connectivity index (χ2v) is 3.94. The van der Waals surface area contributed by atoms with Crippen LogP contribution in [-0.2, 0) is 0 Å². The second kappa shape index (κ2) is 5.56. The van der Waals surface area contributed by atoms with Crippen molar-refractivity contribution in [1.29, 1.82) is 0 Å². The van der Waals surface area contributed by atoms with E-state index in [9.17, 15) is 0 Å². The fourth-order valence-corrected chi connectivity index (χ4v) is 1.35. The van der Waals surface area contributed by atoms with Crippen LogP contribution in [0.3, 0.4) is 0 Å². The van der Waals surface area contributed by atoms with Crippen LogP contribution >= 0.6 is 0 Å². The maximum Gasteiger partial charge on any atom is 0.120 e. The first kappa shape index (κ1) is 11.8. The van der Waals surface area contributed by atoms with Crippen LogP contribution in [0.1, 0.15) is 25.5 Å². The Morgan fingerprint density at radius 3 is 2.80 bits per heavy atom. The van der Waals surface area contributed by atoms with Crippen LogP contribution in [0.2, 0.25) is 0 Å². The molecular formula is C13H19NO. The van der Waals surface area contributed by atoms with E-state index in [0.717, 1.165) is 11.3 Å². The van der Waals surface area contributed by atoms with Gasteiger partial charge in [0.1, 0.15) is 12.4 Å². The summed E-state index contributed by atoms with van der Waals surface area (Å²) < 4.78 is 5.45. The maximum absolute atomic E-state index is 6.06. The van der Waals surface area contributed by atoms with E-state index in [1.165, 1.54) is 0 Å². The number of nitrogens with two attached hydrogens (primary N) is 1. The van der Waals surface area contributed by atoms with Crippen molar-refractivity contribution in [1.82, 2.24) is 0 Å². The Morgan fingerprint density at radius 2 is 2.20 bits per heavy atom. The minimum absolute atomic E-state index is 0.0669. The van der Waals surface area contributed by atoms with E-state index in [0.29, 0.717) is 12.5 Å². The summed E-state index contributed by atoms with van der Waals surface area (Å²) in [6.45, 7) is 8.37. The molecule has 2 heteroatoms. The minimum atomic E-state index is 0.0669. The van der Waals surface area contributed by atoms with Crippen LogP contribution in [0.4, 0.5) is 0 Å². The van der Waals surface area contributed by atoms with Crippen molar-refractivity contribution in [2.45, 2.75) is 19.9 Å². The first-order valence-corrected chi connectivity index (χ1v) is 5.24. The van der Waals surface area contributed by atoms with Gasteiger partial charge in [-0.15, -0.1) is 0 Å². The molecule has 0 amide bonds. The standard InChI is InChI=1S/C13H19NO/c1-4-8-15-12-7-5-6-11(9-12)13(14)10(2)3/h4-7,9-10,13H,1,8,14H2,2-3H3. The van der Waals surface area contributed by atoms with Gasteiger partial charge in [0.05, 0.1) is 0 Å². The third kappa shape index (κ3) is 3.40. The smallest absolute Gasteiger partial charge is 0.120 e. The van der Waals surface area contributed by atoms with Crippen molar-refractivity contribution in [2.75, 3.05) is 6.61 Å². The van der Waals surface area contributed by atoms with Crippen LogP contribution in [0, 0.1) is 5.92 Å². The summed E-state index contributed by atoms with van der Waals surface area (Å²) in [5, 5.41) is 0. The highest BCUT2D eigenvalue weighted by Gasteiger charge is 2.10. The summed E-state index contributed by atoms with van der Waals surface area (Å²) in [4.78, 5) is 0. The lowest BCUT2D eigenvalue weighted by Crippen LogP contribution is -2.16. The molecule has 0 aliphatic carbocycles. The third-order valence-electron chi connectivity index (χ3n) is 2.33. The van der Waals surface area contributed by atoms with E-state index in [1.54, 1.807) is 6.08 Å². The number of benzene rings is 1. The third-order valence-corrected chi connectivity index (χ3v) is 2.33. The van der Waals surface area contributed by atoms with Crippen LogP contribution in [0.15, 0.2) is 36.9 Å². The maximum atomic E-state index is 6.06. The van der Waals surface area contributed by atoms with Crippen LogP contribution in [0.5, 0.6) is 5.75 Å². The largest absolute Gasteiger partial charge is 0.490 e. The number of hydrogen-bond acceptors (Lipinski definition) is 2. The van der Waals surface area contributed by atoms with Gasteiger partial charge in [0, 0.05) is 6.04 Å². The lowest BCUT2D eigenvalue weighted by Gasteiger charge is -2.16. The Morgan fingerprint density at radius 1 is 1.47 bits per heavy atom. The quantitative estimate of drug-likeness (QED) is 0.750. The molecule has 1 aromatic carbocycles. The zero-order valence-electron chi connectivity index (χ0n) is 9.44. The molecule has 0 fully saturated rings. The van der Waals surface area contributed by atoms with E-state index >= 15 is 0 Å². The summed E-state index contributed by atoms with van der Waals surface area (Å²) in [6.07, 6.45) is 1.73. The zero-order chi connectivity index (χ0) is 11.3. The van der Waals surface area contributed by atoms with Gasteiger partial charge in [0.25, 0.3) is 0 Å². The molecule has 0 bridgehead atoms. The fourth-order valence-electron chi connectivity index (χ4n) is 1.35. The molecule has 2 nitrogen and oxygen atoms in total. The first-order valence-electron chi connectivity index (χ1n) is 5.24. The zero-order valence-corrected chi connectivity index (χ0v) is 9.44. The number of hydrogen-bond donors (Lipinski definition) is 1. The molecule has 1 atom stereocenters. The molecule has 82 valence electrons. The predicted molar refractivity (Wildman–Crippen MR) is 63.9 cm³/mol. The summed E-state index contributed by atoms with van der Waals surface area (Å²) >= 11 is 0. The fraction of sp³-hybridized carbons (Fsp3) is 0.385. The molecular weight excluding hydrogens is 186 g/mol. The van der Waals surface area contributed by atoms with E-state index < -0.39 is 0 Å². The molecule has 0 saturated carbocycles. The summed E-state index contributed by atoms with van der Waals surface area (Å²) in [6, 6.07) is 7.99. The predicted octanol–water partition coefficient (Wildman–Crippen LogP) is 2.91. The van der Waals surface area contributed by atoms with Gasteiger partial charge in [0.15, 0.2) is 0 Å². The molecule has 2 N–H and O–H groups in total. The summed E-state index contributed by atoms with van der Waals surface area (Å²) in [5.41, 5.74) is 7.18. The Kier molecular flexibility index (Phi) is 4.37. The molecule has 0 spiro atoms. The van der Waals surface area contributed by atoms with Gasteiger partial charge in [-0.25, -0.2) is 0 Å². The van der Waals surface area contributed by atoms with Gasteiger partial charge in [-0.1, -0.05) is 38.6 Å². The highest BCUT2D eigenvalue weighted by atomic mass is 16.5. The van der Waals surface area contributed by atoms with Crippen LogP contribution in [-0.4, -0.2) is 6.61 Å². The SMILES string of the molecule is C=CCOc1cccc(C(N)C(C)C)c1. The lowest BCUT2D eigenvalue weighted by molar-refractivity contribution is 0.362. The second-order valence-electron chi connectivity index (χ2n) is 3.94. The summed E-state index contributed by atoms with van der Waals surface area (Å²) in [5.74, 6) is 1.28. The number of rotatable bonds is 5. The normalized spacial score (nSPS) is 12.5. The van der Waals surface area contributed by atoms with Crippen molar-refractivity contribution in [3.8, 4) is 5.75 Å². The van der Waals surface area contributed by atoms with E-state index in [2.05, 4.69) is 20.4 Å². The van der Waals surface area contributed by atoms with E-state index in [1.807, 2.05) is 24.3 Å². The van der Waals surface area contributed by atoms with Crippen molar-refractivity contribution in [3.63, 3.8) is 0 Å².